The van der Waals surface area contributed by atoms with Crippen molar-refractivity contribution in [2.75, 3.05) is 20.0 Å². The number of methoxy groups -OCH3 is 2. The number of thioether (sulfide) groups is 1. The fourth-order valence-corrected chi connectivity index (χ4v) is 4.25. The lowest BCUT2D eigenvalue weighted by Gasteiger charge is -2.39. The van der Waals surface area contributed by atoms with Crippen LogP contribution >= 0.6 is 11.8 Å². The molecule has 0 spiro atoms. The first-order chi connectivity index (χ1) is 13.0. The van der Waals surface area contributed by atoms with Gasteiger partial charge in [0, 0.05) is 18.2 Å². The predicted molar refractivity (Wildman–Crippen MR) is 103 cm³/mol. The maximum Gasteiger partial charge on any atom is 0.233 e. The molecule has 2 heterocycles. The molecule has 1 aromatic carbocycles. The summed E-state index contributed by atoms with van der Waals surface area (Å²) >= 11 is 1.33. The Morgan fingerprint density at radius 1 is 1.22 bits per heavy atom. The molecule has 0 bridgehead atoms. The van der Waals surface area contributed by atoms with Crippen molar-refractivity contribution in [1.29, 1.82) is 0 Å². The molecule has 0 aliphatic carbocycles. The van der Waals surface area contributed by atoms with Crippen LogP contribution < -0.4 is 9.47 Å². The minimum absolute atomic E-state index is 0.117. The van der Waals surface area contributed by atoms with E-state index in [-0.39, 0.29) is 18.0 Å². The van der Waals surface area contributed by atoms with Crippen LogP contribution in [0.3, 0.4) is 0 Å². The zero-order valence-corrected chi connectivity index (χ0v) is 16.9. The Morgan fingerprint density at radius 2 is 1.96 bits per heavy atom. The minimum atomic E-state index is 0.117. The summed E-state index contributed by atoms with van der Waals surface area (Å²) in [5.74, 6) is 1.70. The van der Waals surface area contributed by atoms with Gasteiger partial charge < -0.3 is 14.4 Å². The normalized spacial score (nSPS) is 19.8. The molecule has 0 saturated carbocycles. The van der Waals surface area contributed by atoms with E-state index in [1.807, 2.05) is 11.0 Å². The van der Waals surface area contributed by atoms with Crippen LogP contribution in [0.5, 0.6) is 11.5 Å². The number of carbonyl (C=O) groups is 1. The number of rotatable bonds is 6. The largest absolute Gasteiger partial charge is 0.497 e. The molecule has 3 rings (SSSR count). The fraction of sp³-hybridized carbons (Fsp3) is 0.556. The maximum atomic E-state index is 12.8. The Kier molecular flexibility index (Phi) is 6.20. The minimum Gasteiger partial charge on any atom is -0.497 e. The van der Waals surface area contributed by atoms with Gasteiger partial charge in [-0.15, -0.1) is 5.10 Å². The summed E-state index contributed by atoms with van der Waals surface area (Å²) in [6, 6.07) is 5.96. The zero-order valence-electron chi connectivity index (χ0n) is 16.1. The Hall–Kier alpha value is -2.29. The number of likely N-dealkylation sites (tertiary alicyclic amines) is 1. The summed E-state index contributed by atoms with van der Waals surface area (Å²) in [7, 11) is 3.19. The third kappa shape index (κ3) is 4.18. The Bertz CT molecular complexity index is 787. The van der Waals surface area contributed by atoms with Crippen LogP contribution in [0.15, 0.2) is 23.4 Å². The highest BCUT2D eigenvalue weighted by Crippen LogP contribution is 2.30. The highest BCUT2D eigenvalue weighted by atomic mass is 32.2. The van der Waals surface area contributed by atoms with E-state index in [9.17, 15) is 4.79 Å². The number of aromatic nitrogens is 4. The SMILES string of the molecule is COc1ccc(OC)c(-n2nnnc2SCC(=O)N2[C@@H](C)CCC[C@@H]2C)c1. The van der Waals surface area contributed by atoms with E-state index in [0.717, 1.165) is 12.8 Å². The molecule has 1 aromatic heterocycles. The Morgan fingerprint density at radius 3 is 2.63 bits per heavy atom. The number of amides is 1. The number of ether oxygens (including phenoxy) is 2. The summed E-state index contributed by atoms with van der Waals surface area (Å²) in [5.41, 5.74) is 0.663. The maximum absolute atomic E-state index is 12.8. The van der Waals surface area contributed by atoms with Gasteiger partial charge in [-0.25, -0.2) is 0 Å². The third-order valence-corrected chi connectivity index (χ3v) is 5.77. The Labute approximate surface area is 163 Å². The molecule has 2 atom stereocenters. The number of hydrogen-bond donors (Lipinski definition) is 0. The van der Waals surface area contributed by atoms with Crippen molar-refractivity contribution in [2.45, 2.75) is 50.4 Å². The zero-order chi connectivity index (χ0) is 19.4. The molecule has 0 N–H and O–H groups in total. The van der Waals surface area contributed by atoms with Gasteiger partial charge in [-0.3, -0.25) is 4.79 Å². The van der Waals surface area contributed by atoms with Crippen molar-refractivity contribution in [3.63, 3.8) is 0 Å². The molecule has 8 nitrogen and oxygen atoms in total. The number of piperidine rings is 1. The van der Waals surface area contributed by atoms with Gasteiger partial charge in [0.1, 0.15) is 17.2 Å². The second-order valence-corrected chi connectivity index (χ2v) is 7.57. The van der Waals surface area contributed by atoms with E-state index in [1.54, 1.807) is 31.0 Å². The number of hydrogen-bond acceptors (Lipinski definition) is 7. The van der Waals surface area contributed by atoms with Crippen LogP contribution in [0.4, 0.5) is 0 Å². The van der Waals surface area contributed by atoms with Gasteiger partial charge in [0.25, 0.3) is 0 Å². The number of benzene rings is 1. The molecule has 0 radical (unpaired) electrons. The van der Waals surface area contributed by atoms with Crippen molar-refractivity contribution >= 4 is 17.7 Å². The summed E-state index contributed by atoms with van der Waals surface area (Å²) in [5, 5.41) is 12.4. The standard InChI is InChI=1S/C18H25N5O3S/c1-12-6-5-7-13(2)22(12)17(24)11-27-18-19-20-21-23(18)15-10-14(25-3)8-9-16(15)26-4/h8-10,12-13H,5-7,11H2,1-4H3/t12-,13-/m0/s1. The van der Waals surface area contributed by atoms with Crippen molar-refractivity contribution in [1.82, 2.24) is 25.1 Å². The molecule has 1 saturated heterocycles. The van der Waals surface area contributed by atoms with Crippen LogP contribution in [0, 0.1) is 0 Å². The van der Waals surface area contributed by atoms with Gasteiger partial charge in [0.15, 0.2) is 0 Å². The van der Waals surface area contributed by atoms with E-state index in [2.05, 4.69) is 29.4 Å². The number of carbonyl (C=O) groups excluding carboxylic acids is 1. The van der Waals surface area contributed by atoms with Gasteiger partial charge in [0.05, 0.1) is 20.0 Å². The van der Waals surface area contributed by atoms with Crippen molar-refractivity contribution in [3.05, 3.63) is 18.2 Å². The summed E-state index contributed by atoms with van der Waals surface area (Å²) in [6.45, 7) is 4.23. The second-order valence-electron chi connectivity index (χ2n) is 6.63. The first-order valence-corrected chi connectivity index (χ1v) is 9.98. The van der Waals surface area contributed by atoms with E-state index >= 15 is 0 Å². The summed E-state index contributed by atoms with van der Waals surface area (Å²) < 4.78 is 12.3. The first kappa shape index (κ1) is 19.5. The van der Waals surface area contributed by atoms with Crippen molar-refractivity contribution in [2.24, 2.45) is 0 Å². The summed E-state index contributed by atoms with van der Waals surface area (Å²) in [4.78, 5) is 14.8. The lowest BCUT2D eigenvalue weighted by molar-refractivity contribution is -0.134. The quantitative estimate of drug-likeness (QED) is 0.700. The monoisotopic (exact) mass is 391 g/mol. The average Bonchev–Trinajstić information content (AvgIpc) is 3.14. The molecule has 1 aliphatic heterocycles. The van der Waals surface area contributed by atoms with Crippen molar-refractivity contribution < 1.29 is 14.3 Å². The fourth-order valence-electron chi connectivity index (χ4n) is 3.50. The van der Waals surface area contributed by atoms with E-state index < -0.39 is 0 Å². The smallest absolute Gasteiger partial charge is 0.233 e. The second kappa shape index (κ2) is 8.60. The highest BCUT2D eigenvalue weighted by molar-refractivity contribution is 7.99. The van der Waals surface area contributed by atoms with E-state index in [1.165, 1.54) is 18.2 Å². The van der Waals surface area contributed by atoms with Crippen LogP contribution in [-0.2, 0) is 4.79 Å². The van der Waals surface area contributed by atoms with Gasteiger partial charge in [-0.05, 0) is 55.7 Å². The average molecular weight is 391 g/mol. The van der Waals surface area contributed by atoms with Gasteiger partial charge in [-0.1, -0.05) is 11.8 Å². The van der Waals surface area contributed by atoms with Crippen LogP contribution in [0.1, 0.15) is 33.1 Å². The molecular formula is C18H25N5O3S. The molecular weight excluding hydrogens is 366 g/mol. The molecule has 9 heteroatoms. The van der Waals surface area contributed by atoms with Gasteiger partial charge >= 0.3 is 0 Å². The summed E-state index contributed by atoms with van der Waals surface area (Å²) in [6.07, 6.45) is 3.28. The number of tetrazole rings is 1. The number of nitrogens with zero attached hydrogens (tertiary/aromatic N) is 5. The Balaban J connectivity index is 1.77. The first-order valence-electron chi connectivity index (χ1n) is 9.00. The molecule has 0 unspecified atom stereocenters. The van der Waals surface area contributed by atoms with Crippen LogP contribution in [0.25, 0.3) is 5.69 Å². The predicted octanol–water partition coefficient (Wildman–Crippen LogP) is 2.56. The lowest BCUT2D eigenvalue weighted by atomic mass is 9.98. The molecule has 146 valence electrons. The molecule has 1 aliphatic rings. The van der Waals surface area contributed by atoms with Gasteiger partial charge in [0.2, 0.25) is 11.1 Å². The molecule has 1 fully saturated rings. The van der Waals surface area contributed by atoms with E-state index in [4.69, 9.17) is 9.47 Å². The highest BCUT2D eigenvalue weighted by Gasteiger charge is 2.29. The van der Waals surface area contributed by atoms with Crippen molar-refractivity contribution in [3.8, 4) is 17.2 Å². The topological polar surface area (TPSA) is 82.4 Å². The lowest BCUT2D eigenvalue weighted by Crippen LogP contribution is -2.48. The third-order valence-electron chi connectivity index (χ3n) is 4.86. The van der Waals surface area contributed by atoms with Crippen LogP contribution in [-0.4, -0.2) is 63.1 Å². The van der Waals surface area contributed by atoms with E-state index in [0.29, 0.717) is 28.1 Å². The van der Waals surface area contributed by atoms with Gasteiger partial charge in [-0.2, -0.15) is 4.68 Å². The van der Waals surface area contributed by atoms with Crippen LogP contribution in [0.2, 0.25) is 0 Å². The molecule has 2 aromatic rings. The molecule has 1 amide bonds. The molecule has 27 heavy (non-hydrogen) atoms.